The second-order valence-corrected chi connectivity index (χ2v) is 6.56. The van der Waals surface area contributed by atoms with Crippen molar-refractivity contribution in [3.05, 3.63) is 59.1 Å². The van der Waals surface area contributed by atoms with E-state index in [1.165, 1.54) is 12.1 Å². The topological polar surface area (TPSA) is 32.8 Å². The molecule has 0 atom stereocenters. The molecule has 3 rings (SSSR count). The standard InChI is InChI=1S/C19H18ClF3N2O2/c20-14-5-7-15(8-6-14)27-13-18(26)25-11-9-24(10-12-25)17-4-2-1-3-16(17)19(21,22)23/h1-8H,9-13H2. The maximum atomic E-state index is 13.2. The molecule has 0 bridgehead atoms. The number of ether oxygens (including phenoxy) is 1. The molecule has 1 heterocycles. The number of alkyl halides is 3. The van der Waals surface area contributed by atoms with Crippen molar-refractivity contribution in [1.82, 2.24) is 4.90 Å². The van der Waals surface area contributed by atoms with Crippen molar-refractivity contribution in [2.45, 2.75) is 6.18 Å². The van der Waals surface area contributed by atoms with Crippen molar-refractivity contribution >= 4 is 23.2 Å². The Balaban J connectivity index is 1.56. The molecule has 0 aliphatic carbocycles. The highest BCUT2D eigenvalue weighted by Gasteiger charge is 2.35. The molecule has 1 amide bonds. The molecule has 4 nitrogen and oxygen atoms in total. The molecule has 1 aliphatic rings. The second kappa shape index (κ2) is 8.08. The first-order valence-corrected chi connectivity index (χ1v) is 8.80. The Labute approximate surface area is 160 Å². The van der Waals surface area contributed by atoms with E-state index >= 15 is 0 Å². The zero-order chi connectivity index (χ0) is 19.4. The van der Waals surface area contributed by atoms with E-state index in [4.69, 9.17) is 16.3 Å². The molecule has 2 aromatic carbocycles. The predicted octanol–water partition coefficient (Wildman–Crippen LogP) is 4.09. The number of halogens is 4. The summed E-state index contributed by atoms with van der Waals surface area (Å²) in [5.41, 5.74) is -0.509. The lowest BCUT2D eigenvalue weighted by molar-refractivity contribution is -0.137. The Morgan fingerprint density at radius 2 is 1.63 bits per heavy atom. The molecule has 27 heavy (non-hydrogen) atoms. The van der Waals surface area contributed by atoms with Gasteiger partial charge in [0.05, 0.1) is 5.56 Å². The number of carbonyl (C=O) groups is 1. The summed E-state index contributed by atoms with van der Waals surface area (Å²) in [5, 5.41) is 0.573. The summed E-state index contributed by atoms with van der Waals surface area (Å²) < 4.78 is 45.0. The number of benzene rings is 2. The van der Waals surface area contributed by atoms with E-state index < -0.39 is 11.7 Å². The first-order valence-electron chi connectivity index (χ1n) is 8.42. The molecule has 144 valence electrons. The lowest BCUT2D eigenvalue weighted by atomic mass is 10.1. The van der Waals surface area contributed by atoms with Gasteiger partial charge < -0.3 is 14.5 Å². The van der Waals surface area contributed by atoms with Gasteiger partial charge in [-0.25, -0.2) is 0 Å². The maximum absolute atomic E-state index is 13.2. The summed E-state index contributed by atoms with van der Waals surface area (Å²) in [4.78, 5) is 15.5. The van der Waals surface area contributed by atoms with E-state index in [2.05, 4.69) is 0 Å². The third kappa shape index (κ3) is 4.86. The third-order valence-corrected chi connectivity index (χ3v) is 4.61. The average molecular weight is 399 g/mol. The van der Waals surface area contributed by atoms with Gasteiger partial charge in [-0.3, -0.25) is 4.79 Å². The van der Waals surface area contributed by atoms with E-state index in [-0.39, 0.29) is 18.2 Å². The molecule has 0 aromatic heterocycles. The highest BCUT2D eigenvalue weighted by molar-refractivity contribution is 6.30. The molecule has 0 saturated carbocycles. The van der Waals surface area contributed by atoms with Gasteiger partial charge in [-0.15, -0.1) is 0 Å². The number of anilines is 1. The monoisotopic (exact) mass is 398 g/mol. The minimum Gasteiger partial charge on any atom is -0.484 e. The second-order valence-electron chi connectivity index (χ2n) is 6.13. The van der Waals surface area contributed by atoms with Crippen LogP contribution in [0.5, 0.6) is 5.75 Å². The van der Waals surface area contributed by atoms with E-state index in [0.717, 1.165) is 6.07 Å². The van der Waals surface area contributed by atoms with Crippen molar-refractivity contribution in [3.8, 4) is 5.75 Å². The summed E-state index contributed by atoms with van der Waals surface area (Å²) in [6, 6.07) is 12.2. The van der Waals surface area contributed by atoms with Crippen LogP contribution in [-0.4, -0.2) is 43.6 Å². The van der Waals surface area contributed by atoms with Crippen molar-refractivity contribution in [2.24, 2.45) is 0 Å². The van der Waals surface area contributed by atoms with Gasteiger partial charge in [0.2, 0.25) is 0 Å². The molecule has 0 unspecified atom stereocenters. The molecule has 0 radical (unpaired) electrons. The Bertz CT molecular complexity index is 788. The van der Waals surface area contributed by atoms with Gasteiger partial charge in [-0.1, -0.05) is 23.7 Å². The zero-order valence-corrected chi connectivity index (χ0v) is 15.1. The Kier molecular flexibility index (Phi) is 5.79. The van der Waals surface area contributed by atoms with Crippen LogP contribution in [0, 0.1) is 0 Å². The van der Waals surface area contributed by atoms with Crippen LogP contribution in [0.4, 0.5) is 18.9 Å². The summed E-state index contributed by atoms with van der Waals surface area (Å²) in [7, 11) is 0. The van der Waals surface area contributed by atoms with E-state index in [1.54, 1.807) is 40.1 Å². The van der Waals surface area contributed by atoms with Crippen molar-refractivity contribution in [2.75, 3.05) is 37.7 Å². The molecule has 0 N–H and O–H groups in total. The molecular formula is C19H18ClF3N2O2. The van der Waals surface area contributed by atoms with Crippen LogP contribution in [0.2, 0.25) is 5.02 Å². The number of nitrogens with zero attached hydrogens (tertiary/aromatic N) is 2. The summed E-state index contributed by atoms with van der Waals surface area (Å²) in [6.07, 6.45) is -4.41. The summed E-state index contributed by atoms with van der Waals surface area (Å²) in [6.45, 7) is 1.23. The van der Waals surface area contributed by atoms with Crippen molar-refractivity contribution in [3.63, 3.8) is 0 Å². The lowest BCUT2D eigenvalue weighted by Gasteiger charge is -2.37. The molecule has 1 aliphatic heterocycles. The third-order valence-electron chi connectivity index (χ3n) is 4.36. The van der Waals surface area contributed by atoms with Gasteiger partial charge in [-0.05, 0) is 36.4 Å². The van der Waals surface area contributed by atoms with E-state index in [0.29, 0.717) is 37.0 Å². The largest absolute Gasteiger partial charge is 0.484 e. The first-order chi connectivity index (χ1) is 12.8. The van der Waals surface area contributed by atoms with Crippen LogP contribution in [-0.2, 0) is 11.0 Å². The van der Waals surface area contributed by atoms with Gasteiger partial charge in [0.25, 0.3) is 5.91 Å². The Morgan fingerprint density at radius 3 is 2.26 bits per heavy atom. The van der Waals surface area contributed by atoms with Crippen LogP contribution in [0.25, 0.3) is 0 Å². The van der Waals surface area contributed by atoms with Crippen LogP contribution in [0.1, 0.15) is 5.56 Å². The van der Waals surface area contributed by atoms with Gasteiger partial charge in [0.1, 0.15) is 5.75 Å². The Hall–Kier alpha value is -2.41. The predicted molar refractivity (Wildman–Crippen MR) is 97.2 cm³/mol. The summed E-state index contributed by atoms with van der Waals surface area (Å²) >= 11 is 5.79. The van der Waals surface area contributed by atoms with E-state index in [9.17, 15) is 18.0 Å². The van der Waals surface area contributed by atoms with Crippen LogP contribution < -0.4 is 9.64 Å². The smallest absolute Gasteiger partial charge is 0.418 e. The number of rotatable bonds is 4. The summed E-state index contributed by atoms with van der Waals surface area (Å²) in [5.74, 6) is 0.333. The minimum atomic E-state index is -4.41. The molecular weight excluding hydrogens is 381 g/mol. The van der Waals surface area contributed by atoms with Crippen molar-refractivity contribution in [1.29, 1.82) is 0 Å². The van der Waals surface area contributed by atoms with Gasteiger partial charge >= 0.3 is 6.18 Å². The average Bonchev–Trinajstić information content (AvgIpc) is 2.67. The van der Waals surface area contributed by atoms with Gasteiger partial charge in [0.15, 0.2) is 6.61 Å². The SMILES string of the molecule is O=C(COc1ccc(Cl)cc1)N1CCN(c2ccccc2C(F)(F)F)CC1. The molecule has 2 aromatic rings. The molecule has 1 fully saturated rings. The highest BCUT2D eigenvalue weighted by Crippen LogP contribution is 2.36. The van der Waals surface area contributed by atoms with Crippen molar-refractivity contribution < 1.29 is 22.7 Å². The zero-order valence-electron chi connectivity index (χ0n) is 14.4. The first kappa shape index (κ1) is 19.4. The quantitative estimate of drug-likeness (QED) is 0.777. The highest BCUT2D eigenvalue weighted by atomic mass is 35.5. The number of hydrogen-bond acceptors (Lipinski definition) is 3. The van der Waals surface area contributed by atoms with Gasteiger partial charge in [-0.2, -0.15) is 13.2 Å². The molecule has 8 heteroatoms. The number of piperazine rings is 1. The number of carbonyl (C=O) groups excluding carboxylic acids is 1. The minimum absolute atomic E-state index is 0.124. The number of para-hydroxylation sites is 1. The van der Waals surface area contributed by atoms with Gasteiger partial charge in [0, 0.05) is 36.9 Å². The lowest BCUT2D eigenvalue weighted by Crippen LogP contribution is -2.50. The Morgan fingerprint density at radius 1 is 1.00 bits per heavy atom. The normalized spacial score (nSPS) is 15.0. The van der Waals surface area contributed by atoms with E-state index in [1.807, 2.05) is 0 Å². The number of hydrogen-bond donors (Lipinski definition) is 0. The molecule has 0 spiro atoms. The van der Waals surface area contributed by atoms with Crippen LogP contribution >= 0.6 is 11.6 Å². The fourth-order valence-corrected chi connectivity index (χ4v) is 3.08. The van der Waals surface area contributed by atoms with Crippen LogP contribution in [0.15, 0.2) is 48.5 Å². The fraction of sp³-hybridized carbons (Fsp3) is 0.316. The fourth-order valence-electron chi connectivity index (χ4n) is 2.95. The maximum Gasteiger partial charge on any atom is 0.418 e. The number of amides is 1. The van der Waals surface area contributed by atoms with Crippen LogP contribution in [0.3, 0.4) is 0 Å². The molecule has 1 saturated heterocycles.